The number of aromatic nitrogens is 5. The van der Waals surface area contributed by atoms with Crippen molar-refractivity contribution in [1.29, 1.82) is 0 Å². The third-order valence-electron chi connectivity index (χ3n) is 3.31. The van der Waals surface area contributed by atoms with E-state index in [9.17, 15) is 8.42 Å². The highest BCUT2D eigenvalue weighted by Gasteiger charge is 2.32. The minimum absolute atomic E-state index is 0.130. The van der Waals surface area contributed by atoms with E-state index in [1.807, 2.05) is 0 Å². The normalized spacial score (nSPS) is 12.9. The Bertz CT molecular complexity index is 925. The maximum atomic E-state index is 12.7. The van der Waals surface area contributed by atoms with Crippen LogP contribution >= 0.6 is 0 Å². The molecule has 0 aliphatic heterocycles. The molecular formula is C13H16N6O2S. The maximum absolute atomic E-state index is 12.7. The zero-order valence-electron chi connectivity index (χ0n) is 12.4. The monoisotopic (exact) mass is 320 g/mol. The lowest BCUT2D eigenvalue weighted by Gasteiger charge is -2.23. The molecule has 3 aromatic rings. The second-order valence-electron chi connectivity index (χ2n) is 5.55. The number of fused-ring (bicyclic) bond motifs is 1. The third-order valence-corrected chi connectivity index (χ3v) is 4.99. The highest BCUT2D eigenvalue weighted by Crippen LogP contribution is 2.23. The van der Waals surface area contributed by atoms with Crippen molar-refractivity contribution >= 4 is 15.5 Å². The van der Waals surface area contributed by atoms with E-state index in [2.05, 4.69) is 20.1 Å². The number of sulfonamides is 1. The fourth-order valence-corrected chi connectivity index (χ4v) is 3.70. The molecule has 1 N–H and O–H groups in total. The van der Waals surface area contributed by atoms with Crippen molar-refractivity contribution in [2.45, 2.75) is 24.3 Å². The first-order chi connectivity index (χ1) is 10.3. The molecule has 0 aliphatic rings. The average molecular weight is 320 g/mol. The van der Waals surface area contributed by atoms with Crippen LogP contribution < -0.4 is 4.72 Å². The molecule has 9 heteroatoms. The lowest BCUT2D eigenvalue weighted by Crippen LogP contribution is -2.41. The topological polar surface area (TPSA) is 94.2 Å². The maximum Gasteiger partial charge on any atom is 0.245 e. The molecule has 0 saturated carbocycles. The molecule has 3 aromatic heterocycles. The van der Waals surface area contributed by atoms with E-state index in [4.69, 9.17) is 0 Å². The predicted molar refractivity (Wildman–Crippen MR) is 79.5 cm³/mol. The van der Waals surface area contributed by atoms with Crippen molar-refractivity contribution in [3.8, 4) is 0 Å². The van der Waals surface area contributed by atoms with Crippen LogP contribution in [0.1, 0.15) is 19.5 Å². The van der Waals surface area contributed by atoms with Crippen molar-refractivity contribution in [2.24, 2.45) is 7.05 Å². The molecule has 3 heterocycles. The van der Waals surface area contributed by atoms with Crippen molar-refractivity contribution in [2.75, 3.05) is 0 Å². The Labute approximate surface area is 127 Å². The smallest absolute Gasteiger partial charge is 0.245 e. The predicted octanol–water partition coefficient (Wildman–Crippen LogP) is 0.676. The van der Waals surface area contributed by atoms with Crippen LogP contribution in [0.2, 0.25) is 0 Å². The second-order valence-corrected chi connectivity index (χ2v) is 7.20. The molecule has 0 unspecified atom stereocenters. The summed E-state index contributed by atoms with van der Waals surface area (Å²) in [7, 11) is -2.02. The fourth-order valence-electron chi connectivity index (χ4n) is 2.20. The summed E-state index contributed by atoms with van der Waals surface area (Å²) in [6.45, 7) is 3.47. The van der Waals surface area contributed by atoms with Gasteiger partial charge in [-0.3, -0.25) is 4.68 Å². The molecule has 116 valence electrons. The Morgan fingerprint density at radius 1 is 1.27 bits per heavy atom. The van der Waals surface area contributed by atoms with Gasteiger partial charge in [-0.2, -0.15) is 9.82 Å². The van der Waals surface area contributed by atoms with Crippen molar-refractivity contribution in [3.63, 3.8) is 0 Å². The number of hydrogen-bond acceptors (Lipinski definition) is 5. The van der Waals surface area contributed by atoms with Gasteiger partial charge in [0.15, 0.2) is 0 Å². The molecule has 0 radical (unpaired) electrons. The molecule has 22 heavy (non-hydrogen) atoms. The van der Waals surface area contributed by atoms with Crippen LogP contribution in [0.3, 0.4) is 0 Å². The molecule has 8 nitrogen and oxygen atoms in total. The SMILES string of the molecule is Cn1cc(C(C)(C)NS(=O)(=O)c2cnn3ccccc23)nn1. The van der Waals surface area contributed by atoms with Gasteiger partial charge in [0.2, 0.25) is 10.0 Å². The standard InChI is InChI=1S/C13H16N6O2S/c1-13(2,12-9-18(3)17-15-12)16-22(20,21)11-8-14-19-7-5-4-6-10(11)19/h4-9,16H,1-3H3. The molecule has 0 aliphatic carbocycles. The molecule has 0 spiro atoms. The van der Waals surface area contributed by atoms with Gasteiger partial charge in [0.05, 0.1) is 23.4 Å². The molecule has 0 atom stereocenters. The molecule has 3 rings (SSSR count). The number of rotatable bonds is 4. The summed E-state index contributed by atoms with van der Waals surface area (Å²) < 4.78 is 31.1. The van der Waals surface area contributed by atoms with E-state index in [0.717, 1.165) is 0 Å². The third kappa shape index (κ3) is 2.48. The van der Waals surface area contributed by atoms with Gasteiger partial charge in [-0.05, 0) is 26.0 Å². The van der Waals surface area contributed by atoms with Gasteiger partial charge >= 0.3 is 0 Å². The summed E-state index contributed by atoms with van der Waals surface area (Å²) in [4.78, 5) is 0.130. The zero-order chi connectivity index (χ0) is 16.0. The van der Waals surface area contributed by atoms with Crippen molar-refractivity contribution < 1.29 is 8.42 Å². The Morgan fingerprint density at radius 3 is 2.73 bits per heavy atom. The summed E-state index contributed by atoms with van der Waals surface area (Å²) in [6.07, 6.45) is 4.71. The number of nitrogens with one attached hydrogen (secondary N) is 1. The zero-order valence-corrected chi connectivity index (χ0v) is 13.2. The summed E-state index contributed by atoms with van der Waals surface area (Å²) in [5.74, 6) is 0. The molecule has 0 fully saturated rings. The average Bonchev–Trinajstić information content (AvgIpc) is 3.03. The summed E-state index contributed by atoms with van der Waals surface area (Å²) in [5, 5.41) is 11.9. The van der Waals surface area contributed by atoms with Crippen LogP contribution in [0.25, 0.3) is 5.52 Å². The number of nitrogens with zero attached hydrogens (tertiary/aromatic N) is 5. The second kappa shape index (κ2) is 4.89. The van der Waals surface area contributed by atoms with Crippen molar-refractivity contribution in [3.05, 3.63) is 42.5 Å². The number of pyridine rings is 1. The van der Waals surface area contributed by atoms with Gasteiger partial charge in [0, 0.05) is 13.2 Å². The lowest BCUT2D eigenvalue weighted by molar-refractivity contribution is 0.459. The van der Waals surface area contributed by atoms with Gasteiger partial charge < -0.3 is 0 Å². The van der Waals surface area contributed by atoms with Gasteiger partial charge in [-0.1, -0.05) is 11.3 Å². The first kappa shape index (κ1) is 14.7. The van der Waals surface area contributed by atoms with E-state index < -0.39 is 15.6 Å². The molecule has 0 saturated heterocycles. The largest absolute Gasteiger partial charge is 0.255 e. The number of aryl methyl sites for hydroxylation is 1. The van der Waals surface area contributed by atoms with E-state index >= 15 is 0 Å². The highest BCUT2D eigenvalue weighted by atomic mass is 32.2. The Hall–Kier alpha value is -2.26. The summed E-state index contributed by atoms with van der Waals surface area (Å²) in [6, 6.07) is 5.26. The fraction of sp³-hybridized carbons (Fsp3) is 0.308. The van der Waals surface area contributed by atoms with Crippen LogP contribution in [0.4, 0.5) is 0 Å². The van der Waals surface area contributed by atoms with Gasteiger partial charge in [0.25, 0.3) is 0 Å². The minimum atomic E-state index is -3.75. The van der Waals surface area contributed by atoms with Gasteiger partial charge in [-0.25, -0.2) is 12.9 Å². The molecular weight excluding hydrogens is 304 g/mol. The van der Waals surface area contributed by atoms with Gasteiger partial charge in [0.1, 0.15) is 10.6 Å². The van der Waals surface area contributed by atoms with Crippen LogP contribution in [-0.2, 0) is 22.6 Å². The van der Waals surface area contributed by atoms with Crippen LogP contribution in [0.15, 0.2) is 41.7 Å². The Kier molecular flexibility index (Phi) is 3.26. The molecule has 0 aromatic carbocycles. The van der Waals surface area contributed by atoms with E-state index in [1.54, 1.807) is 51.5 Å². The van der Waals surface area contributed by atoms with Gasteiger partial charge in [-0.15, -0.1) is 5.10 Å². The Morgan fingerprint density at radius 2 is 2.05 bits per heavy atom. The summed E-state index contributed by atoms with van der Waals surface area (Å²) >= 11 is 0. The van der Waals surface area contributed by atoms with Crippen LogP contribution in [0.5, 0.6) is 0 Å². The highest BCUT2D eigenvalue weighted by molar-refractivity contribution is 7.89. The van der Waals surface area contributed by atoms with E-state index in [-0.39, 0.29) is 4.90 Å². The lowest BCUT2D eigenvalue weighted by atomic mass is 10.0. The molecule has 0 bridgehead atoms. The van der Waals surface area contributed by atoms with Crippen LogP contribution in [-0.4, -0.2) is 33.0 Å². The summed E-state index contributed by atoms with van der Waals surface area (Å²) in [5.41, 5.74) is 0.163. The van der Waals surface area contributed by atoms with E-state index in [0.29, 0.717) is 11.2 Å². The first-order valence-electron chi connectivity index (χ1n) is 6.63. The van der Waals surface area contributed by atoms with Crippen LogP contribution in [0, 0.1) is 0 Å². The minimum Gasteiger partial charge on any atom is -0.255 e. The quantitative estimate of drug-likeness (QED) is 0.763. The first-order valence-corrected chi connectivity index (χ1v) is 8.11. The molecule has 0 amide bonds. The number of hydrogen-bond donors (Lipinski definition) is 1. The van der Waals surface area contributed by atoms with Crippen molar-refractivity contribution in [1.82, 2.24) is 29.3 Å². The Balaban J connectivity index is 2.00. The van der Waals surface area contributed by atoms with E-state index in [1.165, 1.54) is 15.4 Å².